The standard InChI is InChI=1S/C18H22N2O4/c1-5-24-17(23)18(3)13-12(15(21)20(4)16(13)22)14(19-18)11-9-7-6-8-10(11)2/h6-9,12-14,19H,5H2,1-4H3/p+1/t12-,13+,14-,18+/m0/s1. The fourth-order valence-corrected chi connectivity index (χ4v) is 4.13. The molecule has 0 aromatic heterocycles. The summed E-state index contributed by atoms with van der Waals surface area (Å²) in [6, 6.07) is 7.51. The molecule has 2 aliphatic rings. The molecule has 2 aliphatic heterocycles. The van der Waals surface area contributed by atoms with E-state index in [1.807, 2.05) is 36.5 Å². The number of fused-ring (bicyclic) bond motifs is 1. The molecule has 2 heterocycles. The van der Waals surface area contributed by atoms with Gasteiger partial charge in [-0.05, 0) is 19.4 Å². The average Bonchev–Trinajstić information content (AvgIpc) is 2.98. The molecule has 6 heteroatoms. The van der Waals surface area contributed by atoms with Crippen molar-refractivity contribution in [1.29, 1.82) is 0 Å². The maximum atomic E-state index is 12.7. The first kappa shape index (κ1) is 16.6. The number of esters is 1. The highest BCUT2D eigenvalue weighted by atomic mass is 16.5. The number of hydrogen-bond donors (Lipinski definition) is 1. The number of carbonyl (C=O) groups excluding carboxylic acids is 3. The van der Waals surface area contributed by atoms with Crippen molar-refractivity contribution in [3.8, 4) is 0 Å². The van der Waals surface area contributed by atoms with Gasteiger partial charge in [0.15, 0.2) is 0 Å². The summed E-state index contributed by atoms with van der Waals surface area (Å²) in [6.07, 6.45) is 0. The summed E-state index contributed by atoms with van der Waals surface area (Å²) in [4.78, 5) is 39.1. The largest absolute Gasteiger partial charge is 0.461 e. The van der Waals surface area contributed by atoms with Crippen LogP contribution >= 0.6 is 0 Å². The number of amides is 2. The van der Waals surface area contributed by atoms with E-state index >= 15 is 0 Å². The van der Waals surface area contributed by atoms with Gasteiger partial charge in [0.25, 0.3) is 0 Å². The second-order valence-corrected chi connectivity index (χ2v) is 6.79. The van der Waals surface area contributed by atoms with Crippen molar-refractivity contribution in [3.63, 3.8) is 0 Å². The van der Waals surface area contributed by atoms with Crippen molar-refractivity contribution in [2.24, 2.45) is 11.8 Å². The van der Waals surface area contributed by atoms with Gasteiger partial charge in [-0.3, -0.25) is 14.5 Å². The second-order valence-electron chi connectivity index (χ2n) is 6.79. The first-order chi connectivity index (χ1) is 11.3. The number of benzene rings is 1. The third kappa shape index (κ3) is 2.17. The molecule has 0 aliphatic carbocycles. The topological polar surface area (TPSA) is 80.3 Å². The molecule has 2 N–H and O–H groups in total. The molecule has 2 amide bonds. The number of hydrogen-bond acceptors (Lipinski definition) is 4. The normalized spacial score (nSPS) is 32.2. The monoisotopic (exact) mass is 331 g/mol. The predicted molar refractivity (Wildman–Crippen MR) is 85.6 cm³/mol. The van der Waals surface area contributed by atoms with Gasteiger partial charge in [0, 0.05) is 19.5 Å². The third-order valence-electron chi connectivity index (χ3n) is 5.39. The Hall–Kier alpha value is -2.21. The molecule has 0 bridgehead atoms. The lowest BCUT2D eigenvalue weighted by Gasteiger charge is -2.25. The van der Waals surface area contributed by atoms with Crippen molar-refractivity contribution in [3.05, 3.63) is 35.4 Å². The highest BCUT2D eigenvalue weighted by Crippen LogP contribution is 2.44. The smallest absolute Gasteiger partial charge is 0.368 e. The van der Waals surface area contributed by atoms with Crippen LogP contribution in [-0.2, 0) is 19.1 Å². The molecule has 0 radical (unpaired) electrons. The molecule has 1 aromatic rings. The molecule has 24 heavy (non-hydrogen) atoms. The van der Waals surface area contributed by atoms with Crippen LogP contribution in [0.25, 0.3) is 0 Å². The van der Waals surface area contributed by atoms with Crippen LogP contribution in [0, 0.1) is 18.8 Å². The molecule has 0 spiro atoms. The van der Waals surface area contributed by atoms with Crippen LogP contribution in [0.1, 0.15) is 31.0 Å². The van der Waals surface area contributed by atoms with Crippen LogP contribution in [0.3, 0.4) is 0 Å². The number of ether oxygens (including phenoxy) is 1. The van der Waals surface area contributed by atoms with Gasteiger partial charge < -0.3 is 10.1 Å². The molecule has 2 saturated heterocycles. The van der Waals surface area contributed by atoms with Crippen LogP contribution in [0.4, 0.5) is 0 Å². The number of nitrogens with two attached hydrogens (primary N) is 1. The van der Waals surface area contributed by atoms with Gasteiger partial charge in [0.05, 0.1) is 6.61 Å². The van der Waals surface area contributed by atoms with Gasteiger partial charge in [-0.25, -0.2) is 4.79 Å². The molecule has 2 fully saturated rings. The molecule has 0 unspecified atom stereocenters. The third-order valence-corrected chi connectivity index (χ3v) is 5.39. The van der Waals surface area contributed by atoms with E-state index < -0.39 is 23.3 Å². The fraction of sp³-hybridized carbons (Fsp3) is 0.500. The van der Waals surface area contributed by atoms with Crippen LogP contribution in [-0.4, -0.2) is 41.9 Å². The minimum atomic E-state index is -1.09. The number of likely N-dealkylation sites (tertiary alicyclic amines) is 1. The highest BCUT2D eigenvalue weighted by molar-refractivity contribution is 6.08. The molecule has 1 aromatic carbocycles. The summed E-state index contributed by atoms with van der Waals surface area (Å²) in [5, 5.41) is 1.85. The van der Waals surface area contributed by atoms with Gasteiger partial charge in [-0.2, -0.15) is 0 Å². The Morgan fingerprint density at radius 2 is 1.96 bits per heavy atom. The van der Waals surface area contributed by atoms with Crippen LogP contribution < -0.4 is 5.32 Å². The Morgan fingerprint density at radius 3 is 2.58 bits per heavy atom. The van der Waals surface area contributed by atoms with Gasteiger partial charge in [-0.15, -0.1) is 0 Å². The number of carbonyl (C=O) groups is 3. The summed E-state index contributed by atoms with van der Waals surface area (Å²) >= 11 is 0. The maximum absolute atomic E-state index is 12.7. The van der Waals surface area contributed by atoms with Gasteiger partial charge >= 0.3 is 5.97 Å². The minimum Gasteiger partial charge on any atom is -0.461 e. The first-order valence-electron chi connectivity index (χ1n) is 8.23. The Morgan fingerprint density at radius 1 is 1.29 bits per heavy atom. The first-order valence-corrected chi connectivity index (χ1v) is 8.23. The Kier molecular flexibility index (Phi) is 3.95. The number of imide groups is 1. The predicted octanol–water partition coefficient (Wildman–Crippen LogP) is 0.166. The number of quaternary nitrogens is 1. The van der Waals surface area contributed by atoms with E-state index in [4.69, 9.17) is 4.74 Å². The SMILES string of the molecule is CCOC(=O)[C@]1(C)[NH2+][C@@H](c2ccccc2C)[C@H]2C(=O)N(C)C(=O)[C@@H]21. The van der Waals surface area contributed by atoms with E-state index in [0.29, 0.717) is 0 Å². The number of nitrogens with zero attached hydrogens (tertiary/aromatic N) is 1. The molecule has 0 saturated carbocycles. The number of rotatable bonds is 3. The number of aryl methyl sites for hydroxylation is 1. The second kappa shape index (κ2) is 5.70. The summed E-state index contributed by atoms with van der Waals surface area (Å²) < 4.78 is 5.22. The van der Waals surface area contributed by atoms with Gasteiger partial charge in [0.2, 0.25) is 17.4 Å². The minimum absolute atomic E-state index is 0.220. The van der Waals surface area contributed by atoms with Crippen LogP contribution in [0.15, 0.2) is 24.3 Å². The summed E-state index contributed by atoms with van der Waals surface area (Å²) in [5.74, 6) is -2.19. The van der Waals surface area contributed by atoms with E-state index in [-0.39, 0.29) is 24.5 Å². The molecule has 4 atom stereocenters. The summed E-state index contributed by atoms with van der Waals surface area (Å²) in [5.41, 5.74) is 0.933. The average molecular weight is 331 g/mol. The zero-order valence-corrected chi connectivity index (χ0v) is 14.4. The fourth-order valence-electron chi connectivity index (χ4n) is 4.13. The van der Waals surface area contributed by atoms with E-state index in [0.717, 1.165) is 16.0 Å². The Balaban J connectivity index is 2.10. The molecule has 3 rings (SSSR count). The van der Waals surface area contributed by atoms with Crippen LogP contribution in [0.2, 0.25) is 0 Å². The maximum Gasteiger partial charge on any atom is 0.368 e. The van der Waals surface area contributed by atoms with Crippen molar-refractivity contribution >= 4 is 17.8 Å². The highest BCUT2D eigenvalue weighted by Gasteiger charge is 2.70. The lowest BCUT2D eigenvalue weighted by molar-refractivity contribution is -0.731. The van der Waals surface area contributed by atoms with E-state index in [9.17, 15) is 14.4 Å². The lowest BCUT2D eigenvalue weighted by Crippen LogP contribution is -2.97. The zero-order valence-electron chi connectivity index (χ0n) is 14.4. The van der Waals surface area contributed by atoms with Crippen LogP contribution in [0.5, 0.6) is 0 Å². The van der Waals surface area contributed by atoms with Gasteiger partial charge in [0.1, 0.15) is 17.9 Å². The van der Waals surface area contributed by atoms with E-state index in [2.05, 4.69) is 0 Å². The quantitative estimate of drug-likeness (QED) is 0.632. The van der Waals surface area contributed by atoms with Crippen molar-refractivity contribution in [2.45, 2.75) is 32.4 Å². The van der Waals surface area contributed by atoms with Crippen molar-refractivity contribution < 1.29 is 24.4 Å². The Labute approximate surface area is 141 Å². The zero-order chi connectivity index (χ0) is 17.6. The molecular formula is C18H23N2O4+. The van der Waals surface area contributed by atoms with Crippen molar-refractivity contribution in [1.82, 2.24) is 4.90 Å². The summed E-state index contributed by atoms with van der Waals surface area (Å²) in [6.45, 7) is 5.67. The lowest BCUT2D eigenvalue weighted by atomic mass is 9.80. The Bertz CT molecular complexity index is 717. The summed E-state index contributed by atoms with van der Waals surface area (Å²) in [7, 11) is 1.49. The molecular weight excluding hydrogens is 308 g/mol. The molecule has 6 nitrogen and oxygen atoms in total. The van der Waals surface area contributed by atoms with Gasteiger partial charge in [-0.1, -0.05) is 24.3 Å². The van der Waals surface area contributed by atoms with Crippen molar-refractivity contribution in [2.75, 3.05) is 13.7 Å². The van der Waals surface area contributed by atoms with E-state index in [1.54, 1.807) is 13.8 Å². The van der Waals surface area contributed by atoms with E-state index in [1.165, 1.54) is 7.05 Å². The molecule has 128 valence electrons.